The van der Waals surface area contributed by atoms with Crippen molar-refractivity contribution in [2.75, 3.05) is 0 Å². The molecular formula is C11H12N4O2. The number of nitrogens with one attached hydrogen (secondary N) is 2. The van der Waals surface area contributed by atoms with Crippen LogP contribution < -0.4 is 10.9 Å². The van der Waals surface area contributed by atoms with Crippen molar-refractivity contribution in [3.8, 4) is 0 Å². The molecule has 4 aliphatic rings. The molecule has 2 fully saturated rings. The first-order valence-electron chi connectivity index (χ1n) is 5.97. The number of carbonyl (C=O) groups excluding carboxylic acids is 2. The first kappa shape index (κ1) is 9.32. The molecule has 0 aromatic carbocycles. The van der Waals surface area contributed by atoms with Crippen LogP contribution in [0.15, 0.2) is 10.2 Å². The summed E-state index contributed by atoms with van der Waals surface area (Å²) in [5, 5.41) is 8.26. The summed E-state index contributed by atoms with van der Waals surface area (Å²) >= 11 is 0. The molecule has 4 atom stereocenters. The Morgan fingerprint density at radius 3 is 2.76 bits per heavy atom. The van der Waals surface area contributed by atoms with Crippen LogP contribution in [-0.2, 0) is 9.59 Å². The molecule has 88 valence electrons. The number of hydrazone groups is 2. The number of amides is 2. The predicted octanol–water partition coefficient (Wildman–Crippen LogP) is -0.380. The Labute approximate surface area is 97.5 Å². The molecule has 17 heavy (non-hydrogen) atoms. The summed E-state index contributed by atoms with van der Waals surface area (Å²) in [6.07, 6.45) is 2.46. The van der Waals surface area contributed by atoms with Gasteiger partial charge in [-0.3, -0.25) is 9.59 Å². The molecule has 0 aromatic heterocycles. The second-order valence-corrected chi connectivity index (χ2v) is 5.25. The van der Waals surface area contributed by atoms with E-state index in [1.54, 1.807) is 0 Å². The highest BCUT2D eigenvalue weighted by Crippen LogP contribution is 2.45. The molecule has 2 aliphatic carbocycles. The van der Waals surface area contributed by atoms with E-state index >= 15 is 0 Å². The number of nitrogens with zero attached hydrogens (tertiary/aromatic N) is 2. The van der Waals surface area contributed by atoms with Crippen LogP contribution in [0.2, 0.25) is 0 Å². The van der Waals surface area contributed by atoms with Crippen molar-refractivity contribution in [3.63, 3.8) is 0 Å². The zero-order valence-electron chi connectivity index (χ0n) is 9.14. The van der Waals surface area contributed by atoms with Crippen LogP contribution in [0.25, 0.3) is 0 Å². The van der Waals surface area contributed by atoms with Gasteiger partial charge in [0.15, 0.2) is 0 Å². The molecule has 6 nitrogen and oxygen atoms in total. The molecule has 2 heterocycles. The Kier molecular flexibility index (Phi) is 1.61. The largest absolute Gasteiger partial charge is 0.272 e. The molecule has 4 rings (SSSR count). The summed E-state index contributed by atoms with van der Waals surface area (Å²) in [5.74, 6) is 0.342. The van der Waals surface area contributed by atoms with Gasteiger partial charge in [0.1, 0.15) is 0 Å². The molecule has 0 saturated heterocycles. The zero-order chi connectivity index (χ0) is 11.6. The average molecular weight is 232 g/mol. The van der Waals surface area contributed by atoms with Crippen molar-refractivity contribution in [1.82, 2.24) is 10.9 Å². The Morgan fingerprint density at radius 1 is 1.06 bits per heavy atom. The summed E-state index contributed by atoms with van der Waals surface area (Å²) in [4.78, 5) is 23.4. The summed E-state index contributed by atoms with van der Waals surface area (Å²) < 4.78 is 0. The van der Waals surface area contributed by atoms with Gasteiger partial charge in [-0.15, -0.1) is 0 Å². The van der Waals surface area contributed by atoms with Crippen molar-refractivity contribution < 1.29 is 9.59 Å². The second-order valence-electron chi connectivity index (χ2n) is 5.25. The lowest BCUT2D eigenvalue weighted by atomic mass is 9.62. The molecule has 0 unspecified atom stereocenters. The van der Waals surface area contributed by atoms with E-state index in [0.717, 1.165) is 30.7 Å². The molecular weight excluding hydrogens is 220 g/mol. The first-order valence-corrected chi connectivity index (χ1v) is 5.97. The molecule has 6 heteroatoms. The lowest BCUT2D eigenvalue weighted by Crippen LogP contribution is -2.46. The monoisotopic (exact) mass is 232 g/mol. The number of hydrogen-bond donors (Lipinski definition) is 2. The zero-order valence-corrected chi connectivity index (χ0v) is 9.14. The van der Waals surface area contributed by atoms with Gasteiger partial charge in [0.05, 0.1) is 23.3 Å². The van der Waals surface area contributed by atoms with E-state index in [-0.39, 0.29) is 29.6 Å². The molecule has 2 bridgehead atoms. The normalized spacial score (nSPS) is 42.1. The first-order chi connectivity index (χ1) is 8.24. The fourth-order valence-electron chi connectivity index (χ4n) is 3.69. The third-order valence-corrected chi connectivity index (χ3v) is 4.39. The number of carbonyl (C=O) groups is 2. The highest BCUT2D eigenvalue weighted by Gasteiger charge is 2.51. The van der Waals surface area contributed by atoms with Gasteiger partial charge in [0, 0.05) is 5.92 Å². The van der Waals surface area contributed by atoms with E-state index in [1.165, 1.54) is 0 Å². The Bertz CT molecular complexity index is 496. The summed E-state index contributed by atoms with van der Waals surface area (Å²) in [6, 6.07) is 0. The molecule has 0 aromatic rings. The fourth-order valence-corrected chi connectivity index (χ4v) is 3.69. The quantitative estimate of drug-likeness (QED) is 0.596. The maximum absolute atomic E-state index is 11.7. The minimum atomic E-state index is -0.103. The van der Waals surface area contributed by atoms with Crippen LogP contribution in [0.1, 0.15) is 19.3 Å². The molecule has 0 radical (unpaired) electrons. The number of rotatable bonds is 0. The van der Waals surface area contributed by atoms with E-state index in [9.17, 15) is 9.59 Å². The molecule has 2 N–H and O–H groups in total. The van der Waals surface area contributed by atoms with Gasteiger partial charge in [-0.1, -0.05) is 0 Å². The topological polar surface area (TPSA) is 82.9 Å². The Hall–Kier alpha value is -1.72. The minimum Gasteiger partial charge on any atom is -0.272 e. The fraction of sp³-hybridized carbons (Fsp3) is 0.636. The summed E-state index contributed by atoms with van der Waals surface area (Å²) in [6.45, 7) is 0. The molecule has 2 aliphatic heterocycles. The van der Waals surface area contributed by atoms with Crippen molar-refractivity contribution in [3.05, 3.63) is 0 Å². The maximum atomic E-state index is 11.7. The highest BCUT2D eigenvalue weighted by molar-refractivity contribution is 6.15. The van der Waals surface area contributed by atoms with Crippen molar-refractivity contribution in [2.24, 2.45) is 33.9 Å². The van der Waals surface area contributed by atoms with Crippen LogP contribution in [0.4, 0.5) is 0 Å². The average Bonchev–Trinajstić information content (AvgIpc) is 2.85. The lowest BCUT2D eigenvalue weighted by Gasteiger charge is -2.39. The van der Waals surface area contributed by atoms with Crippen LogP contribution in [-0.4, -0.2) is 23.2 Å². The SMILES string of the molecule is O=C1NN=C2[C@@H]3CC4=NNC(=O)[C@H]4[C@H](C3)C[C@@H]12. The van der Waals surface area contributed by atoms with Gasteiger partial charge in [0.2, 0.25) is 11.8 Å². The van der Waals surface area contributed by atoms with Crippen LogP contribution >= 0.6 is 0 Å². The number of fused-ring (bicyclic) bond motifs is 6. The molecule has 0 spiro atoms. The predicted molar refractivity (Wildman–Crippen MR) is 59.0 cm³/mol. The third-order valence-electron chi connectivity index (χ3n) is 4.39. The van der Waals surface area contributed by atoms with Gasteiger partial charge in [-0.2, -0.15) is 10.2 Å². The van der Waals surface area contributed by atoms with Crippen LogP contribution in [0.3, 0.4) is 0 Å². The lowest BCUT2D eigenvalue weighted by molar-refractivity contribution is -0.126. The Balaban J connectivity index is 1.73. The standard InChI is InChI=1S/C11H12N4O2/c16-10-6-2-4-1-5(9(6)13-14-10)3-7-8(4)11(17)15-12-7/h4-6,8H,1-3H2,(H,14,16)(H,15,17)/t4-,5+,6-,8+/m1/s1. The third kappa shape index (κ3) is 1.10. The van der Waals surface area contributed by atoms with Gasteiger partial charge in [0.25, 0.3) is 0 Å². The van der Waals surface area contributed by atoms with Gasteiger partial charge in [-0.05, 0) is 25.2 Å². The van der Waals surface area contributed by atoms with Gasteiger partial charge < -0.3 is 0 Å². The molecule has 2 amide bonds. The van der Waals surface area contributed by atoms with Gasteiger partial charge >= 0.3 is 0 Å². The van der Waals surface area contributed by atoms with Crippen molar-refractivity contribution >= 4 is 23.2 Å². The minimum absolute atomic E-state index is 0.00208. The molecule has 2 saturated carbocycles. The van der Waals surface area contributed by atoms with E-state index in [4.69, 9.17) is 0 Å². The van der Waals surface area contributed by atoms with Crippen LogP contribution in [0.5, 0.6) is 0 Å². The van der Waals surface area contributed by atoms with Crippen LogP contribution in [0, 0.1) is 23.7 Å². The van der Waals surface area contributed by atoms with E-state index in [1.807, 2.05) is 0 Å². The van der Waals surface area contributed by atoms with Gasteiger partial charge in [-0.25, -0.2) is 10.9 Å². The van der Waals surface area contributed by atoms with E-state index in [2.05, 4.69) is 21.1 Å². The highest BCUT2D eigenvalue weighted by atomic mass is 16.2. The summed E-state index contributed by atoms with van der Waals surface area (Å²) in [5.41, 5.74) is 7.05. The number of hydrogen-bond acceptors (Lipinski definition) is 4. The van der Waals surface area contributed by atoms with E-state index < -0.39 is 0 Å². The van der Waals surface area contributed by atoms with Crippen molar-refractivity contribution in [1.29, 1.82) is 0 Å². The van der Waals surface area contributed by atoms with Crippen molar-refractivity contribution in [2.45, 2.75) is 19.3 Å². The smallest absolute Gasteiger partial charge is 0.249 e. The summed E-state index contributed by atoms with van der Waals surface area (Å²) in [7, 11) is 0. The second kappa shape index (κ2) is 2.94. The Morgan fingerprint density at radius 2 is 1.88 bits per heavy atom. The maximum Gasteiger partial charge on any atom is 0.249 e. The van der Waals surface area contributed by atoms with E-state index in [0.29, 0.717) is 5.92 Å².